The highest BCUT2D eigenvalue weighted by Gasteiger charge is 2.30. The van der Waals surface area contributed by atoms with Crippen molar-refractivity contribution in [3.8, 4) is 0 Å². The fourth-order valence-corrected chi connectivity index (χ4v) is 9.12. The Morgan fingerprint density at radius 2 is 0.831 bits per heavy atom. The van der Waals surface area contributed by atoms with Crippen LogP contribution in [0.1, 0.15) is 252 Å². The van der Waals surface area contributed by atoms with Gasteiger partial charge in [-0.2, -0.15) is 0 Å². The van der Waals surface area contributed by atoms with Crippen molar-refractivity contribution in [2.75, 3.05) is 40.9 Å². The largest absolute Gasteiger partial charge is 0.472 e. The van der Waals surface area contributed by atoms with Crippen molar-refractivity contribution in [3.05, 3.63) is 109 Å². The molecule has 0 aromatic heterocycles. The molecule has 442 valence electrons. The fourth-order valence-electron chi connectivity index (χ4n) is 8.38. The predicted molar refractivity (Wildman–Crippen MR) is 332 cm³/mol. The minimum Gasteiger partial charge on any atom is -0.456 e. The van der Waals surface area contributed by atoms with Crippen molar-refractivity contribution in [2.45, 2.75) is 264 Å². The molecule has 0 aliphatic heterocycles. The summed E-state index contributed by atoms with van der Waals surface area (Å²) in [5.41, 5.74) is 0. The maximum Gasteiger partial charge on any atom is 0.472 e. The van der Waals surface area contributed by atoms with Crippen molar-refractivity contribution in [1.82, 2.24) is 5.32 Å². The van der Waals surface area contributed by atoms with E-state index < -0.39 is 20.0 Å². The van der Waals surface area contributed by atoms with Crippen LogP contribution in [0.25, 0.3) is 0 Å². The van der Waals surface area contributed by atoms with E-state index in [-0.39, 0.29) is 37.9 Å². The van der Waals surface area contributed by atoms with Crippen LogP contribution in [-0.4, -0.2) is 74.3 Å². The number of hydrogen-bond acceptors (Lipinski definition) is 6. The van der Waals surface area contributed by atoms with Gasteiger partial charge in [0.15, 0.2) is 0 Å². The Labute approximate surface area is 474 Å². The number of ether oxygens (including phenoxy) is 1. The second-order valence-corrected chi connectivity index (χ2v) is 23.3. The zero-order valence-corrected chi connectivity index (χ0v) is 51.3. The van der Waals surface area contributed by atoms with Crippen molar-refractivity contribution in [1.29, 1.82) is 0 Å². The number of quaternary nitrogens is 1. The molecule has 0 aliphatic carbocycles. The van der Waals surface area contributed by atoms with Crippen LogP contribution in [0.2, 0.25) is 0 Å². The lowest BCUT2D eigenvalue weighted by Gasteiger charge is -2.27. The molecule has 9 nitrogen and oxygen atoms in total. The molecule has 0 fully saturated rings. The first-order valence-corrected chi connectivity index (χ1v) is 32.7. The third kappa shape index (κ3) is 57.2. The van der Waals surface area contributed by atoms with Crippen LogP contribution in [0.15, 0.2) is 109 Å². The van der Waals surface area contributed by atoms with Gasteiger partial charge in [-0.3, -0.25) is 18.6 Å². The number of phosphoric acid groups is 1. The van der Waals surface area contributed by atoms with Gasteiger partial charge in [0.1, 0.15) is 19.3 Å². The number of unbranched alkanes of at least 4 members (excludes halogenated alkanes) is 23. The summed E-state index contributed by atoms with van der Waals surface area (Å²) in [4.78, 5) is 37.7. The first-order chi connectivity index (χ1) is 37.4. The number of rotatable bonds is 55. The van der Waals surface area contributed by atoms with Crippen molar-refractivity contribution >= 4 is 19.7 Å². The highest BCUT2D eigenvalue weighted by atomic mass is 31.2. The first-order valence-electron chi connectivity index (χ1n) is 31.2. The van der Waals surface area contributed by atoms with E-state index in [4.69, 9.17) is 13.8 Å². The fraction of sp³-hybridized carbons (Fsp3) is 0.701. The number of hydrogen-bond donors (Lipinski definition) is 2. The molecule has 0 spiro atoms. The third-order valence-electron chi connectivity index (χ3n) is 13.2. The van der Waals surface area contributed by atoms with Gasteiger partial charge in [-0.1, -0.05) is 233 Å². The predicted octanol–water partition coefficient (Wildman–Crippen LogP) is 19.3. The monoisotopic (exact) mass is 1090 g/mol. The van der Waals surface area contributed by atoms with Crippen LogP contribution < -0.4 is 5.32 Å². The number of amides is 1. The average molecular weight is 1090 g/mol. The molecule has 0 bridgehead atoms. The Morgan fingerprint density at radius 3 is 1.29 bits per heavy atom. The molecule has 77 heavy (non-hydrogen) atoms. The Bertz CT molecular complexity index is 1690. The molecule has 2 N–H and O–H groups in total. The molecule has 0 saturated carbocycles. The topological polar surface area (TPSA) is 111 Å². The van der Waals surface area contributed by atoms with E-state index in [0.29, 0.717) is 17.4 Å². The zero-order chi connectivity index (χ0) is 56.4. The smallest absolute Gasteiger partial charge is 0.456 e. The number of allylic oxidation sites excluding steroid dienone is 17. The molecule has 0 aromatic rings. The maximum absolute atomic E-state index is 13.5. The van der Waals surface area contributed by atoms with Gasteiger partial charge in [-0.05, 0) is 115 Å². The molecule has 3 atom stereocenters. The van der Waals surface area contributed by atoms with Crippen LogP contribution in [0.3, 0.4) is 0 Å². The van der Waals surface area contributed by atoms with E-state index in [0.717, 1.165) is 116 Å². The Morgan fingerprint density at radius 1 is 0.468 bits per heavy atom. The minimum atomic E-state index is -4.47. The Balaban J connectivity index is 5.29. The second-order valence-electron chi connectivity index (χ2n) is 21.8. The summed E-state index contributed by atoms with van der Waals surface area (Å²) in [5.74, 6) is -0.557. The van der Waals surface area contributed by atoms with E-state index >= 15 is 0 Å². The number of carbonyl (C=O) groups excluding carboxylic acids is 2. The SMILES string of the molecule is CC/C=C\C/C=C\C/C=C\C/C=C\C/C=C\CCCCCC(=O)NC(COP(=O)(O)OCC[N+](C)(C)C)C(/C=C/CCCCCCCCCCC)OC(=O)CCCCCCCCCC/C=C\C/C=C\C/C=C\CCCCC. The molecule has 3 unspecified atom stereocenters. The Hall–Kier alpha value is -3.33. The third-order valence-corrected chi connectivity index (χ3v) is 14.2. The quantitative estimate of drug-likeness (QED) is 0.0205. The number of nitrogens with zero attached hydrogens (tertiary/aromatic N) is 1. The number of carbonyl (C=O) groups is 2. The number of phosphoric ester groups is 1. The maximum atomic E-state index is 13.5. The number of nitrogens with one attached hydrogen (secondary N) is 1. The molecule has 0 heterocycles. The standard InChI is InChI=1S/C67H117N2O7P/c1-7-10-13-16-19-22-25-27-29-31-33-34-36-38-40-42-45-48-51-54-57-60-67(71)76-65(58-55-52-49-46-43-24-21-18-15-12-9-3)64(63-75-77(72,73)74-62-61-69(4,5)6)68-66(70)59-56-53-50-47-44-41-39-37-35-32-30-28-26-23-20-17-14-11-8-2/h11,14,19-20,22-23,27-30,33-35,37,41,44,55,58,64-65H,7-10,12-13,15-18,21,24-26,31-32,36,38-40,42-43,45-54,56-57,59-63H2,1-6H3,(H-,68,70,72,73)/p+1/b14-11-,22-19-,23-20-,29-27-,30-28-,34-33-,37-35-,44-41-,58-55+. The normalized spacial score (nSPS) is 14.4. The lowest BCUT2D eigenvalue weighted by Crippen LogP contribution is -2.47. The van der Waals surface area contributed by atoms with Crippen molar-refractivity contribution < 1.29 is 37.3 Å². The van der Waals surface area contributed by atoms with Gasteiger partial charge in [-0.25, -0.2) is 4.57 Å². The van der Waals surface area contributed by atoms with Gasteiger partial charge in [0.25, 0.3) is 0 Å². The van der Waals surface area contributed by atoms with E-state index in [1.165, 1.54) is 96.3 Å². The molecule has 1 amide bonds. The van der Waals surface area contributed by atoms with Gasteiger partial charge in [0.2, 0.25) is 5.91 Å². The van der Waals surface area contributed by atoms with Crippen LogP contribution in [0.4, 0.5) is 0 Å². The van der Waals surface area contributed by atoms with Gasteiger partial charge >= 0.3 is 13.8 Å². The summed E-state index contributed by atoms with van der Waals surface area (Å²) in [7, 11) is 1.45. The molecule has 0 radical (unpaired) electrons. The highest BCUT2D eigenvalue weighted by molar-refractivity contribution is 7.47. The van der Waals surface area contributed by atoms with E-state index in [1.807, 2.05) is 33.3 Å². The number of likely N-dealkylation sites (N-methyl/N-ethyl adjacent to an activating group) is 1. The van der Waals surface area contributed by atoms with Crippen LogP contribution in [0, 0.1) is 0 Å². The Kier molecular flexibility index (Phi) is 53.5. The van der Waals surface area contributed by atoms with Crippen LogP contribution >= 0.6 is 7.82 Å². The average Bonchev–Trinajstić information content (AvgIpc) is 3.39. The summed E-state index contributed by atoms with van der Waals surface area (Å²) < 4.78 is 30.7. The summed E-state index contributed by atoms with van der Waals surface area (Å²) in [5, 5.41) is 3.03. The van der Waals surface area contributed by atoms with Crippen molar-refractivity contribution in [2.24, 2.45) is 0 Å². The summed E-state index contributed by atoms with van der Waals surface area (Å²) in [6.07, 6.45) is 76.6. The lowest BCUT2D eigenvalue weighted by molar-refractivity contribution is -0.870. The zero-order valence-electron chi connectivity index (χ0n) is 50.4. The van der Waals surface area contributed by atoms with E-state index in [9.17, 15) is 19.0 Å². The summed E-state index contributed by atoms with van der Waals surface area (Å²) >= 11 is 0. The van der Waals surface area contributed by atoms with Crippen molar-refractivity contribution in [3.63, 3.8) is 0 Å². The highest BCUT2D eigenvalue weighted by Crippen LogP contribution is 2.43. The van der Waals surface area contributed by atoms with Crippen LogP contribution in [0.5, 0.6) is 0 Å². The lowest BCUT2D eigenvalue weighted by atomic mass is 10.1. The van der Waals surface area contributed by atoms with Gasteiger partial charge in [-0.15, -0.1) is 0 Å². The van der Waals surface area contributed by atoms with Gasteiger partial charge in [0.05, 0.1) is 33.8 Å². The molecular weight excluding hydrogens is 976 g/mol. The van der Waals surface area contributed by atoms with Gasteiger partial charge < -0.3 is 19.4 Å². The molecule has 0 aliphatic rings. The number of esters is 1. The first kappa shape index (κ1) is 73.7. The molecule has 0 saturated heterocycles. The molecule has 0 aromatic carbocycles. The summed E-state index contributed by atoms with van der Waals surface area (Å²) in [6.45, 7) is 6.82. The van der Waals surface area contributed by atoms with Crippen LogP contribution in [-0.2, 0) is 27.9 Å². The van der Waals surface area contributed by atoms with E-state index in [2.05, 4.69) is 123 Å². The molecular formula is C67H118N2O7P+. The minimum absolute atomic E-state index is 0.0266. The van der Waals surface area contributed by atoms with E-state index in [1.54, 1.807) is 0 Å². The molecule has 10 heteroatoms. The van der Waals surface area contributed by atoms with Gasteiger partial charge in [0, 0.05) is 12.8 Å². The summed E-state index contributed by atoms with van der Waals surface area (Å²) in [6, 6.07) is -0.876. The molecule has 0 rings (SSSR count). The second kappa shape index (κ2) is 56.0.